The molecule has 1 aliphatic heterocycles. The van der Waals surface area contributed by atoms with Gasteiger partial charge in [-0.05, 0) is 24.3 Å². The van der Waals surface area contributed by atoms with Crippen molar-refractivity contribution in [3.05, 3.63) is 24.3 Å². The minimum Gasteiger partial charge on any atom is -0.497 e. The standard InChI is InChI=1S/C14H16O7/c1-9(16)20-12-7-18-14(13(12)19-8-15)21-11-5-3-10(17-2)4-6-11/h3-6,8,12-14H,7H2,1-2H3. The van der Waals surface area contributed by atoms with Crippen molar-refractivity contribution < 1.29 is 33.3 Å². The summed E-state index contributed by atoms with van der Waals surface area (Å²) in [7, 11) is 1.56. The molecule has 0 saturated carbocycles. The molecule has 0 N–H and O–H groups in total. The highest BCUT2D eigenvalue weighted by atomic mass is 16.7. The highest BCUT2D eigenvalue weighted by Crippen LogP contribution is 2.25. The molecule has 3 unspecified atom stereocenters. The lowest BCUT2D eigenvalue weighted by molar-refractivity contribution is -0.162. The van der Waals surface area contributed by atoms with E-state index in [4.69, 9.17) is 23.7 Å². The quantitative estimate of drug-likeness (QED) is 0.570. The second-order valence-electron chi connectivity index (χ2n) is 4.34. The molecular formula is C14H16O7. The molecule has 0 aliphatic carbocycles. The third-order valence-corrected chi connectivity index (χ3v) is 2.90. The summed E-state index contributed by atoms with van der Waals surface area (Å²) in [6.07, 6.45) is -2.34. The zero-order valence-electron chi connectivity index (χ0n) is 11.7. The molecule has 1 heterocycles. The van der Waals surface area contributed by atoms with Gasteiger partial charge in [0.2, 0.25) is 12.4 Å². The van der Waals surface area contributed by atoms with Gasteiger partial charge < -0.3 is 23.7 Å². The first-order valence-corrected chi connectivity index (χ1v) is 6.32. The molecule has 0 bridgehead atoms. The number of benzene rings is 1. The maximum absolute atomic E-state index is 11.0. The van der Waals surface area contributed by atoms with Crippen LogP contribution in [0.4, 0.5) is 0 Å². The van der Waals surface area contributed by atoms with Gasteiger partial charge >= 0.3 is 5.97 Å². The van der Waals surface area contributed by atoms with Crippen LogP contribution < -0.4 is 9.47 Å². The predicted molar refractivity (Wildman–Crippen MR) is 69.9 cm³/mol. The van der Waals surface area contributed by atoms with Gasteiger partial charge in [-0.1, -0.05) is 0 Å². The Bertz CT molecular complexity index is 485. The zero-order valence-corrected chi connectivity index (χ0v) is 11.7. The number of ether oxygens (including phenoxy) is 5. The second-order valence-corrected chi connectivity index (χ2v) is 4.34. The molecule has 7 heteroatoms. The van der Waals surface area contributed by atoms with E-state index in [2.05, 4.69) is 0 Å². The first kappa shape index (κ1) is 15.1. The predicted octanol–water partition coefficient (Wildman–Crippen LogP) is 0.904. The fourth-order valence-electron chi connectivity index (χ4n) is 1.97. The summed E-state index contributed by atoms with van der Waals surface area (Å²) >= 11 is 0. The summed E-state index contributed by atoms with van der Waals surface area (Å²) in [6.45, 7) is 1.65. The highest BCUT2D eigenvalue weighted by Gasteiger charge is 2.43. The van der Waals surface area contributed by atoms with E-state index in [-0.39, 0.29) is 13.1 Å². The maximum atomic E-state index is 11.0. The van der Waals surface area contributed by atoms with E-state index in [9.17, 15) is 9.59 Å². The van der Waals surface area contributed by atoms with Crippen molar-refractivity contribution in [3.8, 4) is 11.5 Å². The number of carbonyl (C=O) groups excluding carboxylic acids is 2. The molecule has 2 rings (SSSR count). The van der Waals surface area contributed by atoms with Crippen LogP contribution >= 0.6 is 0 Å². The molecule has 1 fully saturated rings. The van der Waals surface area contributed by atoms with Crippen molar-refractivity contribution in [2.75, 3.05) is 13.7 Å². The number of rotatable bonds is 6. The fourth-order valence-corrected chi connectivity index (χ4v) is 1.97. The van der Waals surface area contributed by atoms with Crippen LogP contribution in [0.3, 0.4) is 0 Å². The minimum atomic E-state index is -0.840. The number of carbonyl (C=O) groups is 2. The number of hydrogen-bond donors (Lipinski definition) is 0. The van der Waals surface area contributed by atoms with Gasteiger partial charge in [0.1, 0.15) is 11.5 Å². The van der Waals surface area contributed by atoms with Crippen LogP contribution in [0.25, 0.3) is 0 Å². The smallest absolute Gasteiger partial charge is 0.303 e. The molecule has 1 aliphatic rings. The number of hydrogen-bond acceptors (Lipinski definition) is 7. The third kappa shape index (κ3) is 3.85. The molecule has 3 atom stereocenters. The lowest BCUT2D eigenvalue weighted by atomic mass is 10.2. The topological polar surface area (TPSA) is 80.3 Å². The van der Waals surface area contributed by atoms with Crippen LogP contribution in [-0.2, 0) is 23.8 Å². The van der Waals surface area contributed by atoms with Gasteiger partial charge in [0.15, 0.2) is 6.10 Å². The molecule has 114 valence electrons. The van der Waals surface area contributed by atoms with Gasteiger partial charge in [-0.25, -0.2) is 0 Å². The molecule has 7 nitrogen and oxygen atoms in total. The van der Waals surface area contributed by atoms with Crippen LogP contribution in [0.5, 0.6) is 11.5 Å². The monoisotopic (exact) mass is 296 g/mol. The molecule has 1 aromatic carbocycles. The van der Waals surface area contributed by atoms with Crippen molar-refractivity contribution >= 4 is 12.4 Å². The Morgan fingerprint density at radius 3 is 2.52 bits per heavy atom. The van der Waals surface area contributed by atoms with E-state index in [1.807, 2.05) is 0 Å². The number of esters is 1. The van der Waals surface area contributed by atoms with E-state index in [0.29, 0.717) is 11.5 Å². The Morgan fingerprint density at radius 2 is 1.95 bits per heavy atom. The van der Waals surface area contributed by atoms with E-state index in [1.54, 1.807) is 31.4 Å². The molecular weight excluding hydrogens is 280 g/mol. The Hall–Kier alpha value is -2.28. The zero-order chi connectivity index (χ0) is 15.2. The second kappa shape index (κ2) is 6.94. The van der Waals surface area contributed by atoms with Gasteiger partial charge in [-0.15, -0.1) is 0 Å². The van der Waals surface area contributed by atoms with Crippen molar-refractivity contribution in [2.24, 2.45) is 0 Å². The van der Waals surface area contributed by atoms with Gasteiger partial charge in [-0.3, -0.25) is 9.59 Å². The summed E-state index contributed by atoms with van der Waals surface area (Å²) in [5.41, 5.74) is 0. The normalized spacial score (nSPS) is 24.2. The van der Waals surface area contributed by atoms with Crippen LogP contribution in [0, 0.1) is 0 Å². The van der Waals surface area contributed by atoms with E-state index < -0.39 is 24.5 Å². The molecule has 1 saturated heterocycles. The van der Waals surface area contributed by atoms with E-state index in [0.717, 1.165) is 0 Å². The van der Waals surface area contributed by atoms with Gasteiger partial charge in [-0.2, -0.15) is 0 Å². The lowest BCUT2D eigenvalue weighted by Gasteiger charge is -2.21. The average molecular weight is 296 g/mol. The summed E-state index contributed by atoms with van der Waals surface area (Å²) in [5, 5.41) is 0. The van der Waals surface area contributed by atoms with E-state index >= 15 is 0 Å². The van der Waals surface area contributed by atoms with Crippen LogP contribution in [0.1, 0.15) is 6.92 Å². The third-order valence-electron chi connectivity index (χ3n) is 2.90. The molecule has 0 aromatic heterocycles. The van der Waals surface area contributed by atoms with Crippen LogP contribution in [-0.4, -0.2) is 44.7 Å². The Morgan fingerprint density at radius 1 is 1.29 bits per heavy atom. The molecule has 1 aromatic rings. The Labute approximate surface area is 121 Å². The van der Waals surface area contributed by atoms with Crippen LogP contribution in [0.2, 0.25) is 0 Å². The van der Waals surface area contributed by atoms with E-state index in [1.165, 1.54) is 6.92 Å². The van der Waals surface area contributed by atoms with Gasteiger partial charge in [0.05, 0.1) is 13.7 Å². The SMILES string of the molecule is COc1ccc(OC2OCC(OC(C)=O)C2OC=O)cc1. The number of methoxy groups -OCH3 is 1. The highest BCUT2D eigenvalue weighted by molar-refractivity contribution is 5.66. The molecule has 21 heavy (non-hydrogen) atoms. The van der Waals surface area contributed by atoms with Crippen molar-refractivity contribution in [3.63, 3.8) is 0 Å². The molecule has 0 amide bonds. The van der Waals surface area contributed by atoms with Gasteiger partial charge in [0.25, 0.3) is 6.47 Å². The van der Waals surface area contributed by atoms with Gasteiger partial charge in [0, 0.05) is 6.92 Å². The molecule has 0 radical (unpaired) electrons. The summed E-state index contributed by atoms with van der Waals surface area (Å²) in [4.78, 5) is 21.6. The lowest BCUT2D eigenvalue weighted by Crippen LogP contribution is -2.38. The Kier molecular flexibility index (Phi) is 4.99. The van der Waals surface area contributed by atoms with Crippen molar-refractivity contribution in [2.45, 2.75) is 25.4 Å². The first-order valence-electron chi connectivity index (χ1n) is 6.32. The fraction of sp³-hybridized carbons (Fsp3) is 0.429. The van der Waals surface area contributed by atoms with Crippen LogP contribution in [0.15, 0.2) is 24.3 Å². The first-order chi connectivity index (χ1) is 10.1. The summed E-state index contributed by atoms with van der Waals surface area (Å²) < 4.78 is 26.0. The Balaban J connectivity index is 2.03. The van der Waals surface area contributed by atoms with Crippen molar-refractivity contribution in [1.29, 1.82) is 0 Å². The summed E-state index contributed by atoms with van der Waals surface area (Å²) in [6, 6.07) is 6.84. The maximum Gasteiger partial charge on any atom is 0.303 e. The largest absolute Gasteiger partial charge is 0.497 e. The molecule has 0 spiro atoms. The van der Waals surface area contributed by atoms with Crippen molar-refractivity contribution in [1.82, 2.24) is 0 Å². The summed E-state index contributed by atoms with van der Waals surface area (Å²) in [5.74, 6) is 0.727. The minimum absolute atomic E-state index is 0.0961. The average Bonchev–Trinajstić information content (AvgIpc) is 2.82.